The Morgan fingerprint density at radius 1 is 0.933 bits per heavy atom. The SMILES string of the molecule is c1ccc(C2=C(c3cccnc3)Cc3ccc(OCCN4CCOCC4)cc32)cc1. The first-order valence-corrected chi connectivity index (χ1v) is 10.6. The van der Waals surface area contributed by atoms with E-state index < -0.39 is 0 Å². The lowest BCUT2D eigenvalue weighted by Gasteiger charge is -2.26. The Kier molecular flexibility index (Phi) is 5.60. The summed E-state index contributed by atoms with van der Waals surface area (Å²) in [5.74, 6) is 0.933. The summed E-state index contributed by atoms with van der Waals surface area (Å²) in [5, 5.41) is 0. The minimum atomic E-state index is 0.693. The van der Waals surface area contributed by atoms with E-state index in [9.17, 15) is 0 Å². The van der Waals surface area contributed by atoms with E-state index in [1.54, 1.807) is 0 Å². The molecule has 3 aromatic rings. The molecule has 0 saturated carbocycles. The molecule has 4 heteroatoms. The molecule has 0 unspecified atom stereocenters. The first-order chi connectivity index (χ1) is 14.9. The Bertz CT molecular complexity index is 1030. The van der Waals surface area contributed by atoms with Crippen LogP contribution in [0.3, 0.4) is 0 Å². The lowest BCUT2D eigenvalue weighted by molar-refractivity contribution is 0.0322. The quantitative estimate of drug-likeness (QED) is 0.620. The van der Waals surface area contributed by atoms with Crippen LogP contribution in [0.15, 0.2) is 73.1 Å². The van der Waals surface area contributed by atoms with Gasteiger partial charge in [-0.3, -0.25) is 9.88 Å². The van der Waals surface area contributed by atoms with Crippen molar-refractivity contribution >= 4 is 11.1 Å². The van der Waals surface area contributed by atoms with E-state index in [1.807, 2.05) is 18.5 Å². The van der Waals surface area contributed by atoms with Crippen LogP contribution in [-0.4, -0.2) is 49.3 Å². The van der Waals surface area contributed by atoms with Gasteiger partial charge in [-0.05, 0) is 58.0 Å². The third-order valence-electron chi connectivity index (χ3n) is 5.87. The van der Waals surface area contributed by atoms with Gasteiger partial charge in [-0.15, -0.1) is 0 Å². The van der Waals surface area contributed by atoms with Gasteiger partial charge in [0.2, 0.25) is 0 Å². The molecule has 5 rings (SSSR count). The second kappa shape index (κ2) is 8.82. The second-order valence-corrected chi connectivity index (χ2v) is 7.76. The highest BCUT2D eigenvalue weighted by atomic mass is 16.5. The maximum Gasteiger partial charge on any atom is 0.120 e. The van der Waals surface area contributed by atoms with Crippen LogP contribution < -0.4 is 4.74 Å². The zero-order chi connectivity index (χ0) is 20.2. The normalized spacial score (nSPS) is 16.5. The van der Waals surface area contributed by atoms with Crippen molar-refractivity contribution in [2.24, 2.45) is 0 Å². The number of aromatic nitrogens is 1. The van der Waals surface area contributed by atoms with Crippen LogP contribution >= 0.6 is 0 Å². The van der Waals surface area contributed by atoms with E-state index in [0.717, 1.165) is 45.0 Å². The Hall–Kier alpha value is -2.95. The molecule has 4 nitrogen and oxygen atoms in total. The predicted molar refractivity (Wildman–Crippen MR) is 119 cm³/mol. The Morgan fingerprint density at radius 2 is 1.77 bits per heavy atom. The largest absolute Gasteiger partial charge is 0.492 e. The summed E-state index contributed by atoms with van der Waals surface area (Å²) < 4.78 is 11.6. The van der Waals surface area contributed by atoms with Gasteiger partial charge in [-0.1, -0.05) is 42.5 Å². The number of ether oxygens (including phenoxy) is 2. The maximum absolute atomic E-state index is 6.14. The van der Waals surface area contributed by atoms with Crippen molar-refractivity contribution in [3.8, 4) is 5.75 Å². The van der Waals surface area contributed by atoms with E-state index in [4.69, 9.17) is 9.47 Å². The van der Waals surface area contributed by atoms with Gasteiger partial charge in [0.05, 0.1) is 13.2 Å². The molecule has 0 N–H and O–H groups in total. The fourth-order valence-corrected chi connectivity index (χ4v) is 4.31. The third kappa shape index (κ3) is 4.02. The number of allylic oxidation sites excluding steroid dienone is 1. The molecule has 0 spiro atoms. The van der Waals surface area contributed by atoms with Gasteiger partial charge in [-0.25, -0.2) is 0 Å². The number of benzene rings is 2. The number of morpholine rings is 1. The van der Waals surface area contributed by atoms with Crippen LogP contribution in [0.4, 0.5) is 0 Å². The molecule has 2 aliphatic rings. The summed E-state index contributed by atoms with van der Waals surface area (Å²) in [6.45, 7) is 5.25. The van der Waals surface area contributed by atoms with Crippen molar-refractivity contribution < 1.29 is 9.47 Å². The van der Waals surface area contributed by atoms with Crippen LogP contribution in [-0.2, 0) is 11.2 Å². The molecule has 152 valence electrons. The molecule has 30 heavy (non-hydrogen) atoms. The van der Waals surface area contributed by atoms with E-state index in [2.05, 4.69) is 64.5 Å². The van der Waals surface area contributed by atoms with Crippen molar-refractivity contribution in [2.75, 3.05) is 39.5 Å². The van der Waals surface area contributed by atoms with Crippen molar-refractivity contribution in [3.05, 3.63) is 95.3 Å². The maximum atomic E-state index is 6.14. The van der Waals surface area contributed by atoms with E-state index in [-0.39, 0.29) is 0 Å². The van der Waals surface area contributed by atoms with Gasteiger partial charge in [0.15, 0.2) is 0 Å². The summed E-state index contributed by atoms with van der Waals surface area (Å²) in [4.78, 5) is 6.75. The molecule has 1 aliphatic heterocycles. The number of hydrogen-bond donors (Lipinski definition) is 0. The number of rotatable bonds is 6. The molecule has 0 radical (unpaired) electrons. The van der Waals surface area contributed by atoms with Crippen LogP contribution in [0.2, 0.25) is 0 Å². The molecule has 0 atom stereocenters. The lowest BCUT2D eigenvalue weighted by Crippen LogP contribution is -2.38. The zero-order valence-corrected chi connectivity index (χ0v) is 17.1. The Morgan fingerprint density at radius 3 is 2.57 bits per heavy atom. The first-order valence-electron chi connectivity index (χ1n) is 10.6. The highest BCUT2D eigenvalue weighted by Crippen LogP contribution is 2.43. The zero-order valence-electron chi connectivity index (χ0n) is 17.1. The molecule has 1 saturated heterocycles. The van der Waals surface area contributed by atoms with E-state index in [0.29, 0.717) is 6.61 Å². The van der Waals surface area contributed by atoms with E-state index >= 15 is 0 Å². The highest BCUT2D eigenvalue weighted by Gasteiger charge is 2.24. The van der Waals surface area contributed by atoms with Gasteiger partial charge in [-0.2, -0.15) is 0 Å². The van der Waals surface area contributed by atoms with Gasteiger partial charge in [0.1, 0.15) is 12.4 Å². The Labute approximate surface area is 177 Å². The average Bonchev–Trinajstić information content (AvgIpc) is 3.20. The minimum Gasteiger partial charge on any atom is -0.492 e. The standard InChI is InChI=1S/C26H26N2O2/c1-2-5-20(6-3-1)26-24(22-7-4-10-27-19-22)17-21-8-9-23(18-25(21)26)30-16-13-28-11-14-29-15-12-28/h1-10,18-19H,11-17H2. The molecule has 1 aliphatic carbocycles. The monoisotopic (exact) mass is 398 g/mol. The summed E-state index contributed by atoms with van der Waals surface area (Å²) in [6.07, 6.45) is 4.71. The molecular formula is C26H26N2O2. The van der Waals surface area contributed by atoms with Gasteiger partial charge >= 0.3 is 0 Å². The summed E-state index contributed by atoms with van der Waals surface area (Å²) in [5.41, 5.74) is 7.65. The summed E-state index contributed by atoms with van der Waals surface area (Å²) >= 11 is 0. The topological polar surface area (TPSA) is 34.6 Å². The number of hydrogen-bond acceptors (Lipinski definition) is 4. The van der Waals surface area contributed by atoms with E-state index in [1.165, 1.54) is 33.4 Å². The molecule has 2 heterocycles. The van der Waals surface area contributed by atoms with Crippen LogP contribution in [0, 0.1) is 0 Å². The molecule has 1 fully saturated rings. The molecule has 0 amide bonds. The summed E-state index contributed by atoms with van der Waals surface area (Å²) in [6, 6.07) is 21.3. The van der Waals surface area contributed by atoms with Crippen LogP contribution in [0.1, 0.15) is 22.3 Å². The van der Waals surface area contributed by atoms with Crippen molar-refractivity contribution in [3.63, 3.8) is 0 Å². The summed E-state index contributed by atoms with van der Waals surface area (Å²) in [7, 11) is 0. The van der Waals surface area contributed by atoms with Crippen LogP contribution in [0.25, 0.3) is 11.1 Å². The molecule has 0 bridgehead atoms. The predicted octanol–water partition coefficient (Wildman–Crippen LogP) is 4.31. The average molecular weight is 399 g/mol. The fourth-order valence-electron chi connectivity index (χ4n) is 4.31. The minimum absolute atomic E-state index is 0.693. The number of nitrogens with zero attached hydrogens (tertiary/aromatic N) is 2. The molecular weight excluding hydrogens is 372 g/mol. The van der Waals surface area contributed by atoms with Gasteiger partial charge < -0.3 is 9.47 Å². The number of fused-ring (bicyclic) bond motifs is 1. The molecule has 2 aromatic carbocycles. The van der Waals surface area contributed by atoms with Crippen molar-refractivity contribution in [1.29, 1.82) is 0 Å². The lowest BCUT2D eigenvalue weighted by atomic mass is 9.95. The molecule has 1 aromatic heterocycles. The van der Waals surface area contributed by atoms with Crippen LogP contribution in [0.5, 0.6) is 5.75 Å². The highest BCUT2D eigenvalue weighted by molar-refractivity contribution is 6.03. The van der Waals surface area contributed by atoms with Gasteiger partial charge in [0, 0.05) is 32.0 Å². The Balaban J connectivity index is 1.43. The number of pyridine rings is 1. The smallest absolute Gasteiger partial charge is 0.120 e. The first kappa shape index (κ1) is 19.0. The van der Waals surface area contributed by atoms with Crippen molar-refractivity contribution in [1.82, 2.24) is 9.88 Å². The van der Waals surface area contributed by atoms with Gasteiger partial charge in [0.25, 0.3) is 0 Å². The fraction of sp³-hybridized carbons (Fsp3) is 0.269. The van der Waals surface area contributed by atoms with Crippen molar-refractivity contribution in [2.45, 2.75) is 6.42 Å². The second-order valence-electron chi connectivity index (χ2n) is 7.76. The third-order valence-corrected chi connectivity index (χ3v) is 5.87.